The minimum atomic E-state index is 0.671. The summed E-state index contributed by atoms with van der Waals surface area (Å²) in [6.07, 6.45) is 2.72. The van der Waals surface area contributed by atoms with Crippen LogP contribution in [0.3, 0.4) is 0 Å². The molecule has 0 amide bonds. The highest BCUT2D eigenvalue weighted by atomic mass is 32.2. The fourth-order valence-electron chi connectivity index (χ4n) is 1.69. The third-order valence-corrected chi connectivity index (χ3v) is 3.97. The second kappa shape index (κ2) is 5.83. The molecule has 1 fully saturated rings. The van der Waals surface area contributed by atoms with E-state index in [0.29, 0.717) is 5.92 Å². The number of aryl methyl sites for hydroxylation is 2. The topological polar surface area (TPSA) is 37.8 Å². The fraction of sp³-hybridized carbons (Fsp3) is 0.692. The summed E-state index contributed by atoms with van der Waals surface area (Å²) in [4.78, 5) is 8.89. The Kier molecular flexibility index (Phi) is 4.40. The van der Waals surface area contributed by atoms with Crippen LogP contribution in [0.15, 0.2) is 11.2 Å². The maximum Gasteiger partial charge on any atom is 0.187 e. The summed E-state index contributed by atoms with van der Waals surface area (Å²) < 4.78 is 0. The van der Waals surface area contributed by atoms with E-state index in [2.05, 4.69) is 22.2 Å². The molecule has 4 heteroatoms. The van der Waals surface area contributed by atoms with Gasteiger partial charge in [-0.1, -0.05) is 18.7 Å². The van der Waals surface area contributed by atoms with Crippen molar-refractivity contribution in [2.45, 2.75) is 44.8 Å². The maximum absolute atomic E-state index is 4.44. The third-order valence-electron chi connectivity index (χ3n) is 2.79. The van der Waals surface area contributed by atoms with Crippen LogP contribution < -0.4 is 5.32 Å². The van der Waals surface area contributed by atoms with E-state index in [4.69, 9.17) is 0 Å². The first-order chi connectivity index (χ1) is 8.13. The highest BCUT2D eigenvalue weighted by molar-refractivity contribution is 7.99. The van der Waals surface area contributed by atoms with E-state index in [1.165, 1.54) is 12.8 Å². The zero-order chi connectivity index (χ0) is 12.3. The van der Waals surface area contributed by atoms with Crippen molar-refractivity contribution in [1.29, 1.82) is 0 Å². The normalized spacial score (nSPS) is 17.1. The Balaban J connectivity index is 1.75. The molecule has 0 saturated heterocycles. The van der Waals surface area contributed by atoms with Gasteiger partial charge in [-0.25, -0.2) is 9.97 Å². The number of nitrogens with one attached hydrogen (secondary N) is 1. The first kappa shape index (κ1) is 12.8. The van der Waals surface area contributed by atoms with Crippen molar-refractivity contribution in [3.8, 4) is 0 Å². The van der Waals surface area contributed by atoms with Crippen molar-refractivity contribution in [1.82, 2.24) is 15.3 Å². The molecule has 1 atom stereocenters. The molecule has 17 heavy (non-hydrogen) atoms. The molecule has 1 aromatic rings. The lowest BCUT2D eigenvalue weighted by atomic mass is 10.2. The number of rotatable bonds is 6. The molecule has 1 heterocycles. The zero-order valence-electron chi connectivity index (χ0n) is 10.9. The van der Waals surface area contributed by atoms with Crippen LogP contribution in [-0.4, -0.2) is 28.3 Å². The summed E-state index contributed by atoms with van der Waals surface area (Å²) in [6, 6.07) is 2.82. The molecule has 0 spiro atoms. The number of aromatic nitrogens is 2. The van der Waals surface area contributed by atoms with Crippen LogP contribution in [0.2, 0.25) is 0 Å². The molecule has 0 bridgehead atoms. The molecule has 1 aromatic heterocycles. The molecule has 1 N–H and O–H groups in total. The van der Waals surface area contributed by atoms with Crippen molar-refractivity contribution in [2.75, 3.05) is 12.3 Å². The van der Waals surface area contributed by atoms with Crippen LogP contribution >= 0.6 is 11.8 Å². The highest BCUT2D eigenvalue weighted by Crippen LogP contribution is 2.20. The lowest BCUT2D eigenvalue weighted by molar-refractivity contribution is 0.556. The van der Waals surface area contributed by atoms with Gasteiger partial charge < -0.3 is 5.32 Å². The van der Waals surface area contributed by atoms with Crippen molar-refractivity contribution >= 4 is 11.8 Å². The Labute approximate surface area is 108 Å². The van der Waals surface area contributed by atoms with Gasteiger partial charge in [-0.3, -0.25) is 0 Å². The van der Waals surface area contributed by atoms with E-state index in [9.17, 15) is 0 Å². The number of hydrogen-bond acceptors (Lipinski definition) is 4. The molecule has 3 nitrogen and oxygen atoms in total. The molecule has 0 radical (unpaired) electrons. The van der Waals surface area contributed by atoms with Gasteiger partial charge in [0.1, 0.15) is 0 Å². The predicted molar refractivity (Wildman–Crippen MR) is 72.4 cm³/mol. The summed E-state index contributed by atoms with van der Waals surface area (Å²) in [5.41, 5.74) is 2.12. The molecule has 0 aliphatic heterocycles. The van der Waals surface area contributed by atoms with Gasteiger partial charge in [0, 0.05) is 23.2 Å². The van der Waals surface area contributed by atoms with Crippen LogP contribution in [0.25, 0.3) is 0 Å². The first-order valence-corrected chi connectivity index (χ1v) is 7.30. The predicted octanol–water partition coefficient (Wildman–Crippen LogP) is 2.57. The second-order valence-corrected chi connectivity index (χ2v) is 6.02. The molecular formula is C13H21N3S. The Morgan fingerprint density at radius 2 is 2.00 bits per heavy atom. The van der Waals surface area contributed by atoms with Gasteiger partial charge in [-0.05, 0) is 45.2 Å². The van der Waals surface area contributed by atoms with Gasteiger partial charge >= 0.3 is 0 Å². The van der Waals surface area contributed by atoms with Crippen LogP contribution in [0.4, 0.5) is 0 Å². The number of hydrogen-bond donors (Lipinski definition) is 1. The Bertz CT molecular complexity index is 357. The van der Waals surface area contributed by atoms with Crippen molar-refractivity contribution < 1.29 is 0 Å². The third kappa shape index (κ3) is 4.64. The first-order valence-electron chi connectivity index (χ1n) is 6.32. The van der Waals surface area contributed by atoms with E-state index in [1.54, 1.807) is 11.8 Å². The zero-order valence-corrected chi connectivity index (χ0v) is 11.7. The van der Waals surface area contributed by atoms with Crippen LogP contribution in [0, 0.1) is 19.8 Å². The van der Waals surface area contributed by atoms with Gasteiger partial charge in [-0.2, -0.15) is 0 Å². The molecule has 1 saturated carbocycles. The average Bonchev–Trinajstić information content (AvgIpc) is 3.06. The van der Waals surface area contributed by atoms with Gasteiger partial charge in [0.25, 0.3) is 0 Å². The molecule has 1 aliphatic carbocycles. The van der Waals surface area contributed by atoms with Crippen molar-refractivity contribution in [3.05, 3.63) is 17.5 Å². The summed E-state index contributed by atoms with van der Waals surface area (Å²) in [5.74, 6) is 1.76. The Hall–Kier alpha value is -0.610. The molecule has 2 rings (SSSR count). The van der Waals surface area contributed by atoms with Gasteiger partial charge in [0.15, 0.2) is 5.16 Å². The SMILES string of the molecule is Cc1cc(C)nc(SCC(C)CNC2CC2)n1. The van der Waals surface area contributed by atoms with Gasteiger partial charge in [0.2, 0.25) is 0 Å². The number of thioether (sulfide) groups is 1. The second-order valence-electron chi connectivity index (χ2n) is 5.03. The van der Waals surface area contributed by atoms with E-state index in [-0.39, 0.29) is 0 Å². The minimum Gasteiger partial charge on any atom is -0.314 e. The largest absolute Gasteiger partial charge is 0.314 e. The monoisotopic (exact) mass is 251 g/mol. The lowest BCUT2D eigenvalue weighted by Crippen LogP contribution is -2.24. The van der Waals surface area contributed by atoms with Crippen LogP contribution in [0.1, 0.15) is 31.2 Å². The maximum atomic E-state index is 4.44. The van der Waals surface area contributed by atoms with E-state index < -0.39 is 0 Å². The molecule has 0 aromatic carbocycles. The van der Waals surface area contributed by atoms with Crippen LogP contribution in [0.5, 0.6) is 0 Å². The quantitative estimate of drug-likeness (QED) is 0.623. The molecule has 94 valence electrons. The number of nitrogens with zero attached hydrogens (tertiary/aromatic N) is 2. The summed E-state index contributed by atoms with van der Waals surface area (Å²) in [7, 11) is 0. The minimum absolute atomic E-state index is 0.671. The Morgan fingerprint density at radius 1 is 1.35 bits per heavy atom. The van der Waals surface area contributed by atoms with Crippen molar-refractivity contribution in [2.24, 2.45) is 5.92 Å². The summed E-state index contributed by atoms with van der Waals surface area (Å²) in [6.45, 7) is 7.45. The molecule has 1 aliphatic rings. The lowest BCUT2D eigenvalue weighted by Gasteiger charge is -2.11. The van der Waals surface area contributed by atoms with E-state index >= 15 is 0 Å². The Morgan fingerprint density at radius 3 is 2.59 bits per heavy atom. The molecule has 1 unspecified atom stereocenters. The van der Waals surface area contributed by atoms with Gasteiger partial charge in [0.05, 0.1) is 0 Å². The fourth-order valence-corrected chi connectivity index (χ4v) is 2.66. The van der Waals surface area contributed by atoms with Gasteiger partial charge in [-0.15, -0.1) is 0 Å². The van der Waals surface area contributed by atoms with E-state index in [0.717, 1.165) is 34.9 Å². The smallest absolute Gasteiger partial charge is 0.187 e. The summed E-state index contributed by atoms with van der Waals surface area (Å²) >= 11 is 1.77. The standard InChI is InChI=1S/C13H21N3S/c1-9(7-14-12-4-5-12)8-17-13-15-10(2)6-11(3)16-13/h6,9,12,14H,4-5,7-8H2,1-3H3. The van der Waals surface area contributed by atoms with E-state index in [1.807, 2.05) is 19.9 Å². The molecular weight excluding hydrogens is 230 g/mol. The van der Waals surface area contributed by atoms with Crippen molar-refractivity contribution in [3.63, 3.8) is 0 Å². The van der Waals surface area contributed by atoms with Crippen LogP contribution in [-0.2, 0) is 0 Å². The summed E-state index contributed by atoms with van der Waals surface area (Å²) in [5, 5.41) is 4.48. The highest BCUT2D eigenvalue weighted by Gasteiger charge is 2.20. The average molecular weight is 251 g/mol.